The van der Waals surface area contributed by atoms with E-state index in [9.17, 15) is 0 Å². The van der Waals surface area contributed by atoms with Gasteiger partial charge in [0.2, 0.25) is 0 Å². The van der Waals surface area contributed by atoms with Gasteiger partial charge in [-0.25, -0.2) is 9.97 Å². The first kappa shape index (κ1) is 26.4. The number of aromatic nitrogens is 2. The van der Waals surface area contributed by atoms with Crippen LogP contribution in [0.1, 0.15) is 22.3 Å². The second kappa shape index (κ2) is 10.5. The van der Waals surface area contributed by atoms with Crippen LogP contribution in [0.15, 0.2) is 170 Å². The van der Waals surface area contributed by atoms with Gasteiger partial charge in [0.25, 0.3) is 0 Å². The molecule has 0 saturated heterocycles. The number of nitrogens with zero attached hydrogens (tertiary/aromatic N) is 2. The van der Waals surface area contributed by atoms with Gasteiger partial charge in [0.1, 0.15) is 11.5 Å². The fourth-order valence-electron chi connectivity index (χ4n) is 7.16. The van der Waals surface area contributed by atoms with Gasteiger partial charge in [0.15, 0.2) is 5.82 Å². The van der Waals surface area contributed by atoms with Crippen LogP contribution in [0.3, 0.4) is 0 Å². The van der Waals surface area contributed by atoms with E-state index < -0.39 is 5.41 Å². The molecule has 9 rings (SSSR count). The van der Waals surface area contributed by atoms with E-state index in [-0.39, 0.29) is 0 Å². The molecule has 0 aliphatic carbocycles. The molecule has 8 aromatic rings. The van der Waals surface area contributed by atoms with E-state index in [2.05, 4.69) is 158 Å². The summed E-state index contributed by atoms with van der Waals surface area (Å²) in [6, 6.07) is 59.5. The molecule has 0 fully saturated rings. The number of rotatable bonds is 4. The molecule has 1 aromatic heterocycles. The van der Waals surface area contributed by atoms with Crippen LogP contribution >= 0.6 is 0 Å². The third-order valence-corrected chi connectivity index (χ3v) is 9.20. The first-order valence-electron chi connectivity index (χ1n) is 15.6. The van der Waals surface area contributed by atoms with Crippen molar-refractivity contribution in [1.82, 2.24) is 9.97 Å². The van der Waals surface area contributed by atoms with Crippen molar-refractivity contribution >= 4 is 21.7 Å². The minimum absolute atomic E-state index is 0.610. The summed E-state index contributed by atoms with van der Waals surface area (Å²) in [6.45, 7) is 0. The molecule has 0 saturated carbocycles. The lowest BCUT2D eigenvalue weighted by Crippen LogP contribution is -2.34. The zero-order chi connectivity index (χ0) is 30.5. The van der Waals surface area contributed by atoms with Gasteiger partial charge in [-0.2, -0.15) is 0 Å². The molecule has 3 nitrogen and oxygen atoms in total. The molecule has 2 heterocycles. The Balaban J connectivity index is 1.34. The quantitative estimate of drug-likeness (QED) is 0.205. The molecular formula is C43H28N2O. The highest BCUT2D eigenvalue weighted by Crippen LogP contribution is 2.57. The van der Waals surface area contributed by atoms with E-state index in [0.29, 0.717) is 5.82 Å². The fraction of sp³-hybridized carbons (Fsp3) is 0.0233. The number of hydrogen-bond acceptors (Lipinski definition) is 3. The van der Waals surface area contributed by atoms with E-state index in [1.54, 1.807) is 0 Å². The third-order valence-electron chi connectivity index (χ3n) is 9.20. The fourth-order valence-corrected chi connectivity index (χ4v) is 7.16. The molecule has 1 aliphatic heterocycles. The van der Waals surface area contributed by atoms with Crippen LogP contribution in [-0.2, 0) is 5.41 Å². The molecular weight excluding hydrogens is 560 g/mol. The van der Waals surface area contributed by atoms with Gasteiger partial charge in [0.05, 0.1) is 22.2 Å². The maximum atomic E-state index is 6.90. The number of hydrogen-bond donors (Lipinski definition) is 0. The largest absolute Gasteiger partial charge is 0.456 e. The maximum Gasteiger partial charge on any atom is 0.164 e. The van der Waals surface area contributed by atoms with Gasteiger partial charge in [0, 0.05) is 22.1 Å². The van der Waals surface area contributed by atoms with E-state index in [4.69, 9.17) is 14.7 Å². The zero-order valence-corrected chi connectivity index (χ0v) is 25.0. The Morgan fingerprint density at radius 2 is 1.13 bits per heavy atom. The molecule has 216 valence electrons. The van der Waals surface area contributed by atoms with Crippen LogP contribution in [0.2, 0.25) is 0 Å². The highest BCUT2D eigenvalue weighted by molar-refractivity contribution is 5.97. The summed E-state index contributed by atoms with van der Waals surface area (Å²) in [5, 5.41) is 3.39. The standard InChI is InChI=1S/C43H28N2O/c1-3-16-32(17-4-1)43(33-18-5-2-6-19-33)36-22-10-12-25-39(36)46-41-35(21-13-23-37(41)43)42-44-38-24-11-9-20-34(38)40(45-42)31-27-26-29-14-7-8-15-30(29)28-31/h1-28H. The van der Waals surface area contributed by atoms with E-state index >= 15 is 0 Å². The summed E-state index contributed by atoms with van der Waals surface area (Å²) < 4.78 is 6.90. The molecule has 1 aliphatic rings. The first-order chi connectivity index (χ1) is 22.8. The summed E-state index contributed by atoms with van der Waals surface area (Å²) in [5.74, 6) is 2.23. The Morgan fingerprint density at radius 1 is 0.478 bits per heavy atom. The number of benzene rings is 7. The minimum atomic E-state index is -0.610. The highest BCUT2D eigenvalue weighted by Gasteiger charge is 2.46. The van der Waals surface area contributed by atoms with E-state index in [1.165, 1.54) is 21.9 Å². The van der Waals surface area contributed by atoms with Gasteiger partial charge in [-0.05, 0) is 46.2 Å². The number of ether oxygens (including phenoxy) is 1. The zero-order valence-electron chi connectivity index (χ0n) is 25.0. The molecule has 0 atom stereocenters. The molecule has 0 spiro atoms. The summed E-state index contributed by atoms with van der Waals surface area (Å²) in [5.41, 5.74) is 7.60. The Kier molecular flexibility index (Phi) is 6.04. The SMILES string of the molecule is c1ccc(C2(c3ccccc3)c3ccccc3Oc3c(-c4nc(-c5ccc6ccccc6c5)c5ccccc5n4)cccc32)cc1. The number of para-hydroxylation sites is 3. The van der Waals surface area contributed by atoms with Crippen molar-refractivity contribution in [2.45, 2.75) is 5.41 Å². The highest BCUT2D eigenvalue weighted by atomic mass is 16.5. The van der Waals surface area contributed by atoms with Crippen LogP contribution in [0.4, 0.5) is 0 Å². The summed E-state index contributed by atoms with van der Waals surface area (Å²) in [7, 11) is 0. The van der Waals surface area contributed by atoms with Crippen LogP contribution in [-0.4, -0.2) is 9.97 Å². The Labute approximate surface area is 267 Å². The summed E-state index contributed by atoms with van der Waals surface area (Å²) >= 11 is 0. The first-order valence-corrected chi connectivity index (χ1v) is 15.6. The Bertz CT molecular complexity index is 2360. The lowest BCUT2D eigenvalue weighted by molar-refractivity contribution is 0.436. The second-order valence-electron chi connectivity index (χ2n) is 11.7. The van der Waals surface area contributed by atoms with Gasteiger partial charge in [-0.1, -0.05) is 146 Å². The van der Waals surface area contributed by atoms with Gasteiger partial charge < -0.3 is 4.74 Å². The molecule has 0 radical (unpaired) electrons. The average molecular weight is 589 g/mol. The molecule has 0 bridgehead atoms. The van der Waals surface area contributed by atoms with Crippen molar-refractivity contribution < 1.29 is 4.74 Å². The molecule has 3 heteroatoms. The van der Waals surface area contributed by atoms with Gasteiger partial charge in [-0.3, -0.25) is 0 Å². The predicted octanol–water partition coefficient (Wildman–Crippen LogP) is 10.6. The van der Waals surface area contributed by atoms with Gasteiger partial charge >= 0.3 is 0 Å². The molecule has 0 unspecified atom stereocenters. The minimum Gasteiger partial charge on any atom is -0.456 e. The van der Waals surface area contributed by atoms with Crippen molar-refractivity contribution in [3.05, 3.63) is 192 Å². The molecule has 46 heavy (non-hydrogen) atoms. The second-order valence-corrected chi connectivity index (χ2v) is 11.7. The van der Waals surface area contributed by atoms with Crippen molar-refractivity contribution in [3.63, 3.8) is 0 Å². The van der Waals surface area contributed by atoms with E-state index in [1.807, 2.05) is 12.1 Å². The van der Waals surface area contributed by atoms with Crippen LogP contribution in [0.5, 0.6) is 11.5 Å². The van der Waals surface area contributed by atoms with Crippen molar-refractivity contribution in [2.75, 3.05) is 0 Å². The Hall–Kier alpha value is -6.06. The topological polar surface area (TPSA) is 35.0 Å². The van der Waals surface area contributed by atoms with Crippen LogP contribution < -0.4 is 4.74 Å². The van der Waals surface area contributed by atoms with Crippen LogP contribution in [0.25, 0.3) is 44.3 Å². The molecule has 0 N–H and O–H groups in total. The van der Waals surface area contributed by atoms with Crippen LogP contribution in [0, 0.1) is 0 Å². The Morgan fingerprint density at radius 3 is 1.93 bits per heavy atom. The maximum absolute atomic E-state index is 6.90. The lowest BCUT2D eigenvalue weighted by Gasteiger charge is -2.42. The smallest absolute Gasteiger partial charge is 0.164 e. The predicted molar refractivity (Wildman–Crippen MR) is 186 cm³/mol. The third kappa shape index (κ3) is 3.99. The monoisotopic (exact) mass is 588 g/mol. The normalized spacial score (nSPS) is 13.1. The van der Waals surface area contributed by atoms with Crippen molar-refractivity contribution in [3.8, 4) is 34.1 Å². The summed E-state index contributed by atoms with van der Waals surface area (Å²) in [4.78, 5) is 10.5. The van der Waals surface area contributed by atoms with Crippen molar-refractivity contribution in [1.29, 1.82) is 0 Å². The average Bonchev–Trinajstić information content (AvgIpc) is 3.13. The molecule has 7 aromatic carbocycles. The summed E-state index contributed by atoms with van der Waals surface area (Å²) in [6.07, 6.45) is 0. The van der Waals surface area contributed by atoms with E-state index in [0.717, 1.165) is 50.3 Å². The lowest BCUT2D eigenvalue weighted by atomic mass is 9.63. The van der Waals surface area contributed by atoms with Gasteiger partial charge in [-0.15, -0.1) is 0 Å². The molecule has 0 amide bonds. The van der Waals surface area contributed by atoms with Crippen molar-refractivity contribution in [2.24, 2.45) is 0 Å². The number of fused-ring (bicyclic) bond motifs is 4.